The summed E-state index contributed by atoms with van der Waals surface area (Å²) >= 11 is 7.47. The Balaban J connectivity index is 1.57. The largest absolute Gasteiger partial charge is 0.444 e. The van der Waals surface area contributed by atoms with E-state index in [2.05, 4.69) is 11.2 Å². The van der Waals surface area contributed by atoms with Gasteiger partial charge in [0.1, 0.15) is 11.7 Å². The molecule has 218 valence electrons. The second-order valence-electron chi connectivity index (χ2n) is 11.4. The maximum Gasteiger partial charge on any atom is 0.410 e. The molecule has 41 heavy (non-hydrogen) atoms. The van der Waals surface area contributed by atoms with Gasteiger partial charge in [-0.2, -0.15) is 5.26 Å². The number of hydrogen-bond acceptors (Lipinski definition) is 9. The zero-order valence-corrected chi connectivity index (χ0v) is 25.5. The molecule has 10 nitrogen and oxygen atoms in total. The smallest absolute Gasteiger partial charge is 0.410 e. The van der Waals surface area contributed by atoms with Crippen LogP contribution >= 0.6 is 22.9 Å². The highest BCUT2D eigenvalue weighted by molar-refractivity contribution is 7.19. The summed E-state index contributed by atoms with van der Waals surface area (Å²) in [5.74, 6) is 0.526. The molecule has 1 atom stereocenters. The summed E-state index contributed by atoms with van der Waals surface area (Å²) in [6.07, 6.45) is -0.435. The van der Waals surface area contributed by atoms with Crippen molar-refractivity contribution in [1.29, 1.82) is 5.26 Å². The third kappa shape index (κ3) is 7.79. The van der Waals surface area contributed by atoms with Crippen LogP contribution in [0.25, 0.3) is 10.6 Å². The number of carbonyl (C=O) groups is 2. The molecule has 0 spiro atoms. The zero-order valence-electron chi connectivity index (χ0n) is 23.9. The first-order chi connectivity index (χ1) is 19.3. The molecular weight excluding hydrogens is 564 g/mol. The Labute approximate surface area is 249 Å². The minimum atomic E-state index is -0.657. The highest BCUT2D eigenvalue weighted by atomic mass is 35.5. The number of anilines is 1. The van der Waals surface area contributed by atoms with Crippen LogP contribution < -0.4 is 5.73 Å². The summed E-state index contributed by atoms with van der Waals surface area (Å²) < 4.78 is 11.9. The van der Waals surface area contributed by atoms with Crippen molar-refractivity contribution in [3.05, 3.63) is 57.6 Å². The molecule has 1 aromatic carbocycles. The molecule has 0 saturated carbocycles. The molecule has 2 aromatic heterocycles. The number of aromatic nitrogens is 1. The van der Waals surface area contributed by atoms with E-state index in [0.717, 1.165) is 10.4 Å². The van der Waals surface area contributed by atoms with E-state index in [1.807, 2.05) is 51.7 Å². The number of amides is 2. The lowest BCUT2D eigenvalue weighted by Gasteiger charge is -2.43. The van der Waals surface area contributed by atoms with Crippen LogP contribution in [0.5, 0.6) is 0 Å². The number of nitriles is 1. The average Bonchev–Trinajstić information content (AvgIpc) is 3.52. The maximum absolute atomic E-state index is 13.6. The SMILES string of the molecule is CC(C)N(CC1CN(Cc2cc(-c3ccc(Cl)s3)on2)CC(=O)N1Cc1ccc(C#N)c(N)c1)C(=O)OC(C)(C)C. The number of nitrogens with zero attached hydrogens (tertiary/aromatic N) is 5. The van der Waals surface area contributed by atoms with Crippen LogP contribution in [0.2, 0.25) is 4.34 Å². The van der Waals surface area contributed by atoms with E-state index in [9.17, 15) is 14.9 Å². The van der Waals surface area contributed by atoms with Crippen molar-refractivity contribution in [2.45, 2.75) is 65.4 Å². The lowest BCUT2D eigenvalue weighted by atomic mass is 10.1. The molecule has 1 fully saturated rings. The Kier molecular flexibility index (Phi) is 9.27. The van der Waals surface area contributed by atoms with Crippen molar-refractivity contribution in [3.63, 3.8) is 0 Å². The third-order valence-electron chi connectivity index (χ3n) is 6.60. The van der Waals surface area contributed by atoms with Gasteiger partial charge in [0, 0.05) is 44.0 Å². The van der Waals surface area contributed by atoms with Crippen molar-refractivity contribution in [3.8, 4) is 16.7 Å². The summed E-state index contributed by atoms with van der Waals surface area (Å²) in [6, 6.07) is 12.3. The molecule has 3 heterocycles. The van der Waals surface area contributed by atoms with Crippen molar-refractivity contribution in [2.75, 3.05) is 25.4 Å². The summed E-state index contributed by atoms with van der Waals surface area (Å²) in [7, 11) is 0. The van der Waals surface area contributed by atoms with E-state index in [4.69, 9.17) is 26.6 Å². The van der Waals surface area contributed by atoms with Crippen LogP contribution in [0.1, 0.15) is 51.4 Å². The first-order valence-corrected chi connectivity index (χ1v) is 14.5. The molecule has 12 heteroatoms. The highest BCUT2D eigenvalue weighted by Crippen LogP contribution is 2.32. The van der Waals surface area contributed by atoms with E-state index in [1.54, 1.807) is 34.1 Å². The van der Waals surface area contributed by atoms with E-state index in [1.165, 1.54) is 11.3 Å². The Morgan fingerprint density at radius 3 is 2.66 bits per heavy atom. The lowest BCUT2D eigenvalue weighted by Crippen LogP contribution is -2.60. The van der Waals surface area contributed by atoms with Gasteiger partial charge in [-0.1, -0.05) is 22.8 Å². The van der Waals surface area contributed by atoms with E-state index >= 15 is 0 Å². The minimum absolute atomic E-state index is 0.0918. The number of rotatable bonds is 8. The molecule has 1 aliphatic heterocycles. The van der Waals surface area contributed by atoms with Crippen LogP contribution in [0.3, 0.4) is 0 Å². The van der Waals surface area contributed by atoms with Gasteiger partial charge in [-0.25, -0.2) is 4.79 Å². The van der Waals surface area contributed by atoms with E-state index in [-0.39, 0.29) is 31.1 Å². The van der Waals surface area contributed by atoms with Gasteiger partial charge in [-0.15, -0.1) is 11.3 Å². The fourth-order valence-electron chi connectivity index (χ4n) is 4.67. The van der Waals surface area contributed by atoms with Crippen LogP contribution in [0.4, 0.5) is 10.5 Å². The Bertz CT molecular complexity index is 1440. The van der Waals surface area contributed by atoms with Gasteiger partial charge in [-0.3, -0.25) is 9.69 Å². The molecule has 4 rings (SSSR count). The molecule has 2 amide bonds. The Morgan fingerprint density at radius 2 is 2.05 bits per heavy atom. The molecule has 3 aromatic rings. The van der Waals surface area contributed by atoms with Gasteiger partial charge in [-0.05, 0) is 64.4 Å². The quantitative estimate of drug-likeness (QED) is 0.343. The fourth-order valence-corrected chi connectivity index (χ4v) is 5.66. The second-order valence-corrected chi connectivity index (χ2v) is 13.1. The van der Waals surface area contributed by atoms with Crippen LogP contribution in [0, 0.1) is 11.3 Å². The monoisotopic (exact) mass is 598 g/mol. The number of nitrogens with two attached hydrogens (primary N) is 1. The number of nitrogen functional groups attached to an aromatic ring is 1. The summed E-state index contributed by atoms with van der Waals surface area (Å²) in [4.78, 5) is 33.1. The van der Waals surface area contributed by atoms with Gasteiger partial charge in [0.05, 0.1) is 33.1 Å². The van der Waals surface area contributed by atoms with Gasteiger partial charge in [0.15, 0.2) is 5.76 Å². The van der Waals surface area contributed by atoms with Crippen LogP contribution in [-0.4, -0.2) is 69.2 Å². The molecular formula is C29H35ClN6O4S. The Morgan fingerprint density at radius 1 is 1.29 bits per heavy atom. The molecule has 1 aliphatic rings. The predicted octanol–water partition coefficient (Wildman–Crippen LogP) is 5.37. The normalized spacial score (nSPS) is 16.2. The highest BCUT2D eigenvalue weighted by Gasteiger charge is 2.36. The maximum atomic E-state index is 13.6. The predicted molar refractivity (Wildman–Crippen MR) is 158 cm³/mol. The number of benzene rings is 1. The summed E-state index contributed by atoms with van der Waals surface area (Å²) in [5, 5.41) is 13.5. The van der Waals surface area contributed by atoms with Crippen LogP contribution in [0.15, 0.2) is 40.9 Å². The van der Waals surface area contributed by atoms with Crippen molar-refractivity contribution < 1.29 is 18.8 Å². The van der Waals surface area contributed by atoms with Gasteiger partial charge in [0.2, 0.25) is 5.91 Å². The zero-order chi connectivity index (χ0) is 29.9. The minimum Gasteiger partial charge on any atom is -0.444 e. The number of carbonyl (C=O) groups excluding carboxylic acids is 2. The van der Waals surface area contributed by atoms with E-state index < -0.39 is 11.7 Å². The lowest BCUT2D eigenvalue weighted by molar-refractivity contribution is -0.142. The van der Waals surface area contributed by atoms with Crippen molar-refractivity contribution >= 4 is 40.6 Å². The number of ether oxygens (including phenoxy) is 1. The third-order valence-corrected chi connectivity index (χ3v) is 7.84. The first kappa shape index (κ1) is 30.4. The molecule has 1 saturated heterocycles. The average molecular weight is 599 g/mol. The van der Waals surface area contributed by atoms with Crippen molar-refractivity contribution in [1.82, 2.24) is 19.9 Å². The van der Waals surface area contributed by atoms with Crippen molar-refractivity contribution in [2.24, 2.45) is 0 Å². The fraction of sp³-hybridized carbons (Fsp3) is 0.448. The second kappa shape index (κ2) is 12.5. The summed E-state index contributed by atoms with van der Waals surface area (Å²) in [6.45, 7) is 11.0. The number of hydrogen-bond donors (Lipinski definition) is 1. The molecule has 0 bridgehead atoms. The van der Waals surface area contributed by atoms with Gasteiger partial charge < -0.3 is 24.8 Å². The molecule has 0 radical (unpaired) electrons. The standard InChI is InChI=1S/C29H35ClN6O4S/c1-18(2)35(28(38)39-29(3,4)5)16-22-15-34(14-21-11-24(40-33-21)25-8-9-26(30)41-25)17-27(37)36(22)13-19-6-7-20(12-31)23(32)10-19/h6-11,18,22H,13-17,32H2,1-5H3. The summed E-state index contributed by atoms with van der Waals surface area (Å²) in [5.41, 5.74) is 7.63. The molecule has 0 aliphatic carbocycles. The number of thiophene rings is 1. The van der Waals surface area contributed by atoms with Crippen LogP contribution in [-0.2, 0) is 22.6 Å². The molecule has 1 unspecified atom stereocenters. The number of halogens is 1. The van der Waals surface area contributed by atoms with Gasteiger partial charge >= 0.3 is 6.09 Å². The van der Waals surface area contributed by atoms with E-state index in [0.29, 0.717) is 46.7 Å². The number of piperazine rings is 1. The topological polar surface area (TPSA) is 129 Å². The van der Waals surface area contributed by atoms with Gasteiger partial charge in [0.25, 0.3) is 0 Å². The Hall–Kier alpha value is -3.59. The molecule has 2 N–H and O–H groups in total. The first-order valence-electron chi connectivity index (χ1n) is 13.3.